The summed E-state index contributed by atoms with van der Waals surface area (Å²) in [6.07, 6.45) is 1.87. The van der Waals surface area contributed by atoms with Crippen molar-refractivity contribution >= 4 is 17.2 Å². The zero-order valence-corrected chi connectivity index (χ0v) is 11.7. The summed E-state index contributed by atoms with van der Waals surface area (Å²) >= 11 is 1.75. The largest absolute Gasteiger partial charge is 0.368 e. The summed E-state index contributed by atoms with van der Waals surface area (Å²) in [5, 5.41) is 0. The number of thiophene rings is 1. The van der Waals surface area contributed by atoms with E-state index in [0.717, 1.165) is 19.4 Å². The lowest BCUT2D eigenvalue weighted by atomic mass is 10.1. The quantitative estimate of drug-likeness (QED) is 0.866. The van der Waals surface area contributed by atoms with E-state index in [2.05, 4.69) is 24.0 Å². The van der Waals surface area contributed by atoms with E-state index in [9.17, 15) is 4.79 Å². The van der Waals surface area contributed by atoms with Crippen LogP contribution in [-0.2, 0) is 4.79 Å². The molecule has 5 heteroatoms. The fourth-order valence-corrected chi connectivity index (χ4v) is 3.88. The van der Waals surface area contributed by atoms with Crippen LogP contribution in [0, 0.1) is 6.92 Å². The van der Waals surface area contributed by atoms with Crippen LogP contribution in [0.3, 0.4) is 0 Å². The number of carbonyl (C=O) groups is 1. The Morgan fingerprint density at radius 3 is 2.78 bits per heavy atom. The van der Waals surface area contributed by atoms with Crippen molar-refractivity contribution in [1.29, 1.82) is 0 Å². The van der Waals surface area contributed by atoms with Crippen molar-refractivity contribution in [2.24, 2.45) is 11.5 Å². The number of carbonyl (C=O) groups excluding carboxylic acids is 1. The summed E-state index contributed by atoms with van der Waals surface area (Å²) in [7, 11) is 0. The van der Waals surface area contributed by atoms with Gasteiger partial charge in [-0.05, 0) is 45.4 Å². The van der Waals surface area contributed by atoms with Gasteiger partial charge in [0.05, 0.1) is 12.1 Å². The molecule has 4 nitrogen and oxygen atoms in total. The number of nitrogens with zero attached hydrogens (tertiary/aromatic N) is 1. The minimum Gasteiger partial charge on any atom is -0.368 e. The number of primary amides is 1. The zero-order valence-electron chi connectivity index (χ0n) is 10.9. The van der Waals surface area contributed by atoms with Gasteiger partial charge in [-0.1, -0.05) is 0 Å². The molecule has 0 bridgehead atoms. The first-order chi connectivity index (χ1) is 8.50. The van der Waals surface area contributed by atoms with Gasteiger partial charge in [-0.25, -0.2) is 0 Å². The summed E-state index contributed by atoms with van der Waals surface area (Å²) in [4.78, 5) is 16.2. The Morgan fingerprint density at radius 2 is 2.28 bits per heavy atom. The third kappa shape index (κ3) is 2.58. The first-order valence-electron chi connectivity index (χ1n) is 6.37. The van der Waals surface area contributed by atoms with Crippen LogP contribution in [0.4, 0.5) is 0 Å². The van der Waals surface area contributed by atoms with Gasteiger partial charge in [0, 0.05) is 15.8 Å². The van der Waals surface area contributed by atoms with Crippen molar-refractivity contribution in [2.75, 3.05) is 6.54 Å². The van der Waals surface area contributed by atoms with E-state index in [1.807, 2.05) is 6.92 Å². The highest BCUT2D eigenvalue weighted by atomic mass is 32.1. The first-order valence-corrected chi connectivity index (χ1v) is 7.19. The van der Waals surface area contributed by atoms with Gasteiger partial charge in [-0.3, -0.25) is 9.69 Å². The smallest absolute Gasteiger partial charge is 0.234 e. The maximum Gasteiger partial charge on any atom is 0.234 e. The monoisotopic (exact) mass is 267 g/mol. The molecular formula is C13H21N3OS. The van der Waals surface area contributed by atoms with Gasteiger partial charge in [0.2, 0.25) is 5.91 Å². The van der Waals surface area contributed by atoms with Gasteiger partial charge in [0.25, 0.3) is 0 Å². The lowest BCUT2D eigenvalue weighted by Gasteiger charge is -2.33. The Hall–Kier alpha value is -0.910. The maximum absolute atomic E-state index is 11.5. The second-order valence-electron chi connectivity index (χ2n) is 5.05. The van der Waals surface area contributed by atoms with Crippen LogP contribution in [0.5, 0.6) is 0 Å². The normalized spacial score (nSPS) is 24.1. The maximum atomic E-state index is 11.5. The molecule has 1 amide bonds. The Kier molecular flexibility index (Phi) is 4.04. The Balaban J connectivity index is 2.28. The Labute approximate surface area is 112 Å². The van der Waals surface area contributed by atoms with Gasteiger partial charge in [-0.15, -0.1) is 11.3 Å². The van der Waals surface area contributed by atoms with E-state index >= 15 is 0 Å². The molecule has 1 fully saturated rings. The molecule has 1 aromatic rings. The zero-order chi connectivity index (χ0) is 13.3. The molecule has 100 valence electrons. The molecule has 0 saturated carbocycles. The summed E-state index contributed by atoms with van der Waals surface area (Å²) in [5.41, 5.74) is 11.6. The van der Waals surface area contributed by atoms with Crippen LogP contribution in [0.15, 0.2) is 12.1 Å². The van der Waals surface area contributed by atoms with Crippen molar-refractivity contribution in [3.63, 3.8) is 0 Å². The fourth-order valence-electron chi connectivity index (χ4n) is 2.76. The molecule has 0 radical (unpaired) electrons. The lowest BCUT2D eigenvalue weighted by molar-refractivity contribution is -0.123. The molecule has 3 atom stereocenters. The number of aryl methyl sites for hydroxylation is 1. The van der Waals surface area contributed by atoms with E-state index in [1.165, 1.54) is 9.75 Å². The van der Waals surface area contributed by atoms with Gasteiger partial charge < -0.3 is 11.5 Å². The van der Waals surface area contributed by atoms with Gasteiger partial charge >= 0.3 is 0 Å². The molecular weight excluding hydrogens is 246 g/mol. The second-order valence-corrected chi connectivity index (χ2v) is 6.37. The molecule has 1 aliphatic rings. The lowest BCUT2D eigenvalue weighted by Crippen LogP contribution is -2.47. The van der Waals surface area contributed by atoms with Crippen molar-refractivity contribution in [1.82, 2.24) is 4.90 Å². The summed E-state index contributed by atoms with van der Waals surface area (Å²) in [6.45, 7) is 4.98. The first kappa shape index (κ1) is 13.5. The average molecular weight is 267 g/mol. The standard InChI is InChI=1S/C13H21N3OS/c1-8-5-6-11(18-8)12(9(2)14)16-7-3-4-10(16)13(15)17/h5-6,9-10,12H,3-4,7,14H2,1-2H3,(H2,15,17). The van der Waals surface area contributed by atoms with Crippen LogP contribution in [0.25, 0.3) is 0 Å². The molecule has 1 aromatic heterocycles. The molecule has 0 aliphatic carbocycles. The number of amides is 1. The van der Waals surface area contributed by atoms with E-state index < -0.39 is 0 Å². The number of hydrogen-bond donors (Lipinski definition) is 2. The third-order valence-electron chi connectivity index (χ3n) is 3.53. The van der Waals surface area contributed by atoms with E-state index in [4.69, 9.17) is 11.5 Å². The van der Waals surface area contributed by atoms with Crippen LogP contribution < -0.4 is 11.5 Å². The highest BCUT2D eigenvalue weighted by Gasteiger charge is 2.36. The van der Waals surface area contributed by atoms with Gasteiger partial charge in [0.1, 0.15) is 0 Å². The average Bonchev–Trinajstić information content (AvgIpc) is 2.88. The molecule has 3 unspecified atom stereocenters. The summed E-state index contributed by atoms with van der Waals surface area (Å²) < 4.78 is 0. The molecule has 4 N–H and O–H groups in total. The minimum absolute atomic E-state index is 0.0111. The molecule has 2 rings (SSSR count). The molecule has 18 heavy (non-hydrogen) atoms. The number of nitrogens with two attached hydrogens (primary N) is 2. The Morgan fingerprint density at radius 1 is 1.56 bits per heavy atom. The molecule has 1 saturated heterocycles. The van der Waals surface area contributed by atoms with Crippen LogP contribution in [0.2, 0.25) is 0 Å². The molecule has 2 heterocycles. The van der Waals surface area contributed by atoms with Crippen molar-refractivity contribution in [3.05, 3.63) is 21.9 Å². The fraction of sp³-hybridized carbons (Fsp3) is 0.615. The number of likely N-dealkylation sites (tertiary alicyclic amines) is 1. The van der Waals surface area contributed by atoms with Crippen LogP contribution in [-0.4, -0.2) is 29.4 Å². The SMILES string of the molecule is Cc1ccc(C(C(C)N)N2CCCC2C(N)=O)s1. The highest BCUT2D eigenvalue weighted by Crippen LogP contribution is 2.34. The predicted molar refractivity (Wildman–Crippen MR) is 74.4 cm³/mol. The van der Waals surface area contributed by atoms with Gasteiger partial charge in [-0.2, -0.15) is 0 Å². The molecule has 0 aromatic carbocycles. The molecule has 0 spiro atoms. The number of hydrogen-bond acceptors (Lipinski definition) is 4. The van der Waals surface area contributed by atoms with Gasteiger partial charge in [0.15, 0.2) is 0 Å². The van der Waals surface area contributed by atoms with Crippen molar-refractivity contribution in [3.8, 4) is 0 Å². The third-order valence-corrected chi connectivity index (χ3v) is 4.60. The predicted octanol–water partition coefficient (Wildman–Crippen LogP) is 1.39. The molecule has 1 aliphatic heterocycles. The van der Waals surface area contributed by atoms with Crippen LogP contribution in [0.1, 0.15) is 35.6 Å². The number of rotatable bonds is 4. The van der Waals surface area contributed by atoms with Crippen LogP contribution >= 0.6 is 11.3 Å². The van der Waals surface area contributed by atoms with Crippen molar-refractivity contribution < 1.29 is 4.79 Å². The van der Waals surface area contributed by atoms with E-state index in [1.54, 1.807) is 11.3 Å². The van der Waals surface area contributed by atoms with Crippen molar-refractivity contribution in [2.45, 2.75) is 44.8 Å². The second kappa shape index (κ2) is 5.38. The van der Waals surface area contributed by atoms with E-state index in [0.29, 0.717) is 0 Å². The minimum atomic E-state index is -0.230. The van der Waals surface area contributed by atoms with E-state index in [-0.39, 0.29) is 24.0 Å². The Bertz CT molecular complexity index is 430. The summed E-state index contributed by atoms with van der Waals surface area (Å²) in [6, 6.07) is 4.14. The topological polar surface area (TPSA) is 72.3 Å². The highest BCUT2D eigenvalue weighted by molar-refractivity contribution is 7.12. The summed E-state index contributed by atoms with van der Waals surface area (Å²) in [5.74, 6) is -0.230.